The van der Waals surface area contributed by atoms with Gasteiger partial charge in [-0.05, 0) is 36.2 Å². The van der Waals surface area contributed by atoms with Crippen molar-refractivity contribution in [1.29, 1.82) is 0 Å². The lowest BCUT2D eigenvalue weighted by Crippen LogP contribution is -2.16. The highest BCUT2D eigenvalue weighted by Gasteiger charge is 2.18. The Morgan fingerprint density at radius 1 is 1.00 bits per heavy atom. The topological polar surface area (TPSA) is 64.9 Å². The van der Waals surface area contributed by atoms with Crippen LogP contribution < -0.4 is 5.73 Å². The van der Waals surface area contributed by atoms with Crippen LogP contribution in [0.2, 0.25) is 0 Å². The zero-order valence-electron chi connectivity index (χ0n) is 14.0. The second kappa shape index (κ2) is 6.49. The molecule has 2 N–H and O–H groups in total. The number of benzene rings is 2. The van der Waals surface area contributed by atoms with Crippen molar-refractivity contribution >= 4 is 11.0 Å². The molecule has 124 valence electrons. The third-order valence-corrected chi connectivity index (χ3v) is 4.52. The first-order valence-corrected chi connectivity index (χ1v) is 8.34. The van der Waals surface area contributed by atoms with Crippen LogP contribution in [0.25, 0.3) is 22.2 Å². The molecule has 4 aromatic rings. The Morgan fingerprint density at radius 2 is 1.80 bits per heavy atom. The summed E-state index contributed by atoms with van der Waals surface area (Å²) in [5.74, 6) is 0. The van der Waals surface area contributed by atoms with Crippen LogP contribution in [0.1, 0.15) is 22.9 Å². The molecular weight excluding hydrogens is 310 g/mol. The molecule has 1 unspecified atom stereocenters. The number of hydrogen-bond donors (Lipinski definition) is 1. The molecule has 0 aliphatic rings. The molecule has 2 aromatic heterocycles. The molecule has 2 heterocycles. The van der Waals surface area contributed by atoms with Gasteiger partial charge in [0.2, 0.25) is 0 Å². The quantitative estimate of drug-likeness (QED) is 0.601. The lowest BCUT2D eigenvalue weighted by molar-refractivity contribution is 0.459. The van der Waals surface area contributed by atoms with Gasteiger partial charge in [0.15, 0.2) is 5.58 Å². The van der Waals surface area contributed by atoms with E-state index in [4.69, 9.17) is 10.3 Å². The summed E-state index contributed by atoms with van der Waals surface area (Å²) in [6.07, 6.45) is 2.49. The number of rotatable bonds is 4. The first kappa shape index (κ1) is 15.5. The first-order chi connectivity index (χ1) is 12.2. The van der Waals surface area contributed by atoms with Gasteiger partial charge in [-0.3, -0.25) is 4.98 Å². The molecule has 2 aromatic carbocycles. The van der Waals surface area contributed by atoms with Crippen LogP contribution in [-0.2, 0) is 6.42 Å². The Hall–Kier alpha value is -2.98. The molecule has 0 radical (unpaired) electrons. The SMILES string of the molecule is Cc1cccnc1CC(N)c1ccccc1-c1noc2ccccc12. The maximum absolute atomic E-state index is 6.55. The van der Waals surface area contributed by atoms with Gasteiger partial charge in [-0.1, -0.05) is 47.6 Å². The molecule has 1 atom stereocenters. The zero-order valence-corrected chi connectivity index (χ0v) is 14.0. The summed E-state index contributed by atoms with van der Waals surface area (Å²) in [4.78, 5) is 4.47. The van der Waals surface area contributed by atoms with Crippen LogP contribution in [0.15, 0.2) is 71.4 Å². The van der Waals surface area contributed by atoms with E-state index in [0.717, 1.165) is 39.0 Å². The van der Waals surface area contributed by atoms with Crippen molar-refractivity contribution in [1.82, 2.24) is 10.1 Å². The van der Waals surface area contributed by atoms with Crippen molar-refractivity contribution in [2.24, 2.45) is 5.73 Å². The summed E-state index contributed by atoms with van der Waals surface area (Å²) in [6, 6.07) is 19.8. The average Bonchev–Trinajstić information content (AvgIpc) is 3.07. The molecule has 25 heavy (non-hydrogen) atoms. The number of nitrogens with zero attached hydrogens (tertiary/aromatic N) is 2. The predicted molar refractivity (Wildman–Crippen MR) is 99.1 cm³/mol. The standard InChI is InChI=1S/C21H19N3O/c1-14-7-6-12-23-19(14)13-18(22)15-8-2-3-9-16(15)21-17-10-4-5-11-20(17)25-24-21/h2-12,18H,13,22H2,1H3. The molecule has 0 spiro atoms. The molecule has 0 aliphatic carbocycles. The van der Waals surface area contributed by atoms with E-state index in [2.05, 4.69) is 29.2 Å². The molecule has 0 fully saturated rings. The van der Waals surface area contributed by atoms with E-state index >= 15 is 0 Å². The number of fused-ring (bicyclic) bond motifs is 1. The average molecular weight is 329 g/mol. The van der Waals surface area contributed by atoms with Gasteiger partial charge in [0.25, 0.3) is 0 Å². The lowest BCUT2D eigenvalue weighted by atomic mass is 9.93. The molecule has 0 saturated carbocycles. The van der Waals surface area contributed by atoms with Crippen LogP contribution in [0.5, 0.6) is 0 Å². The van der Waals surface area contributed by atoms with Gasteiger partial charge in [0.1, 0.15) is 5.69 Å². The minimum absolute atomic E-state index is 0.166. The maximum Gasteiger partial charge on any atom is 0.167 e. The number of pyridine rings is 1. The normalized spacial score (nSPS) is 12.4. The highest BCUT2D eigenvalue weighted by Crippen LogP contribution is 2.33. The van der Waals surface area contributed by atoms with E-state index in [1.807, 2.05) is 54.7 Å². The van der Waals surface area contributed by atoms with Gasteiger partial charge >= 0.3 is 0 Å². The number of aryl methyl sites for hydroxylation is 1. The molecule has 0 aliphatic heterocycles. The van der Waals surface area contributed by atoms with Gasteiger partial charge < -0.3 is 10.3 Å². The van der Waals surface area contributed by atoms with Crippen molar-refractivity contribution in [2.45, 2.75) is 19.4 Å². The van der Waals surface area contributed by atoms with Gasteiger partial charge in [-0.2, -0.15) is 0 Å². The minimum Gasteiger partial charge on any atom is -0.356 e. The van der Waals surface area contributed by atoms with Gasteiger partial charge in [0, 0.05) is 35.3 Å². The van der Waals surface area contributed by atoms with Gasteiger partial charge in [-0.25, -0.2) is 0 Å². The summed E-state index contributed by atoms with van der Waals surface area (Å²) in [5, 5.41) is 5.28. The monoisotopic (exact) mass is 329 g/mol. The van der Waals surface area contributed by atoms with E-state index in [9.17, 15) is 0 Å². The highest BCUT2D eigenvalue weighted by atomic mass is 16.5. The van der Waals surface area contributed by atoms with Crippen LogP contribution in [-0.4, -0.2) is 10.1 Å². The molecular formula is C21H19N3O. The second-order valence-corrected chi connectivity index (χ2v) is 6.19. The number of aromatic nitrogens is 2. The van der Waals surface area contributed by atoms with E-state index in [1.165, 1.54) is 0 Å². The van der Waals surface area contributed by atoms with Crippen molar-refractivity contribution in [3.8, 4) is 11.3 Å². The fraction of sp³-hybridized carbons (Fsp3) is 0.143. The summed E-state index contributed by atoms with van der Waals surface area (Å²) in [5.41, 5.74) is 12.4. The smallest absolute Gasteiger partial charge is 0.167 e. The lowest BCUT2D eigenvalue weighted by Gasteiger charge is -2.16. The van der Waals surface area contributed by atoms with Crippen molar-refractivity contribution in [3.05, 3.63) is 83.7 Å². The molecule has 4 rings (SSSR count). The maximum atomic E-state index is 6.55. The van der Waals surface area contributed by atoms with E-state index in [-0.39, 0.29) is 6.04 Å². The van der Waals surface area contributed by atoms with Crippen LogP contribution in [0.4, 0.5) is 0 Å². The van der Waals surface area contributed by atoms with E-state index < -0.39 is 0 Å². The zero-order chi connectivity index (χ0) is 17.2. The number of hydrogen-bond acceptors (Lipinski definition) is 4. The molecule has 0 bridgehead atoms. The van der Waals surface area contributed by atoms with E-state index in [0.29, 0.717) is 6.42 Å². The summed E-state index contributed by atoms with van der Waals surface area (Å²) in [6.45, 7) is 2.06. The summed E-state index contributed by atoms with van der Waals surface area (Å²) >= 11 is 0. The van der Waals surface area contributed by atoms with E-state index in [1.54, 1.807) is 0 Å². The predicted octanol–water partition coefficient (Wildman–Crippen LogP) is 4.44. The molecule has 0 amide bonds. The third kappa shape index (κ3) is 2.92. The van der Waals surface area contributed by atoms with Crippen LogP contribution in [0, 0.1) is 6.92 Å². The van der Waals surface area contributed by atoms with Crippen molar-refractivity contribution < 1.29 is 4.52 Å². The Morgan fingerprint density at radius 3 is 2.68 bits per heavy atom. The molecule has 4 nitrogen and oxygen atoms in total. The number of para-hydroxylation sites is 1. The Bertz CT molecular complexity index is 1020. The van der Waals surface area contributed by atoms with Crippen LogP contribution in [0.3, 0.4) is 0 Å². The second-order valence-electron chi connectivity index (χ2n) is 6.19. The van der Waals surface area contributed by atoms with Gasteiger partial charge in [0.05, 0.1) is 0 Å². The summed E-state index contributed by atoms with van der Waals surface area (Å²) < 4.78 is 5.47. The molecule has 0 saturated heterocycles. The fourth-order valence-electron chi connectivity index (χ4n) is 3.17. The van der Waals surface area contributed by atoms with Crippen molar-refractivity contribution in [2.75, 3.05) is 0 Å². The largest absolute Gasteiger partial charge is 0.356 e. The van der Waals surface area contributed by atoms with Gasteiger partial charge in [-0.15, -0.1) is 0 Å². The Balaban J connectivity index is 1.75. The minimum atomic E-state index is -0.166. The Kier molecular flexibility index (Phi) is 4.04. The molecule has 4 heteroatoms. The highest BCUT2D eigenvalue weighted by molar-refractivity contribution is 5.92. The summed E-state index contributed by atoms with van der Waals surface area (Å²) in [7, 11) is 0. The third-order valence-electron chi connectivity index (χ3n) is 4.52. The Labute approximate surface area is 146 Å². The fourth-order valence-corrected chi connectivity index (χ4v) is 3.17. The van der Waals surface area contributed by atoms with Crippen molar-refractivity contribution in [3.63, 3.8) is 0 Å². The van der Waals surface area contributed by atoms with Crippen LogP contribution >= 0.6 is 0 Å². The number of nitrogens with two attached hydrogens (primary N) is 1. The first-order valence-electron chi connectivity index (χ1n) is 8.34.